The van der Waals surface area contributed by atoms with Gasteiger partial charge in [-0.25, -0.2) is 0 Å². The van der Waals surface area contributed by atoms with Crippen LogP contribution in [0.1, 0.15) is 25.1 Å². The molecule has 23 heavy (non-hydrogen) atoms. The average Bonchev–Trinajstić information content (AvgIpc) is 3.16. The van der Waals surface area contributed by atoms with Crippen molar-refractivity contribution in [2.45, 2.75) is 31.0 Å². The van der Waals surface area contributed by atoms with Crippen molar-refractivity contribution in [1.29, 1.82) is 0 Å². The monoisotopic (exact) mass is 370 g/mol. The maximum atomic E-state index is 11.7. The quantitative estimate of drug-likeness (QED) is 0.627. The molecule has 0 spiro atoms. The van der Waals surface area contributed by atoms with Gasteiger partial charge in [-0.1, -0.05) is 43.0 Å². The number of thioether (sulfide) groups is 1. The number of thiophene rings is 1. The summed E-state index contributed by atoms with van der Waals surface area (Å²) in [6.07, 6.45) is 1.99. The second-order valence-electron chi connectivity index (χ2n) is 5.45. The molecule has 2 aromatic rings. The lowest BCUT2D eigenvalue weighted by molar-refractivity contribution is -0.118. The molecular formula is C15H22N4OS3. The van der Waals surface area contributed by atoms with Crippen LogP contribution in [0.25, 0.3) is 0 Å². The number of carbonyl (C=O) groups excluding carboxylic acids is 1. The highest BCUT2D eigenvalue weighted by molar-refractivity contribution is 8.01. The van der Waals surface area contributed by atoms with Gasteiger partial charge in [0.25, 0.3) is 0 Å². The van der Waals surface area contributed by atoms with E-state index < -0.39 is 0 Å². The number of nitrogens with zero attached hydrogens (tertiary/aromatic N) is 2. The van der Waals surface area contributed by atoms with Gasteiger partial charge >= 0.3 is 0 Å². The van der Waals surface area contributed by atoms with Gasteiger partial charge in [0.05, 0.1) is 5.75 Å². The summed E-state index contributed by atoms with van der Waals surface area (Å²) in [5.41, 5.74) is 0. The van der Waals surface area contributed by atoms with Gasteiger partial charge in [-0.15, -0.1) is 21.5 Å². The molecule has 8 heteroatoms. The second kappa shape index (κ2) is 9.89. The van der Waals surface area contributed by atoms with Crippen LogP contribution in [-0.2, 0) is 11.2 Å². The lowest BCUT2D eigenvalue weighted by Gasteiger charge is -2.05. The number of carbonyl (C=O) groups is 1. The molecule has 2 N–H and O–H groups in total. The van der Waals surface area contributed by atoms with Crippen molar-refractivity contribution in [3.8, 4) is 0 Å². The minimum atomic E-state index is 0.0538. The van der Waals surface area contributed by atoms with Gasteiger partial charge in [-0.05, 0) is 30.2 Å². The molecule has 0 fully saturated rings. The van der Waals surface area contributed by atoms with E-state index in [0.717, 1.165) is 35.4 Å². The molecule has 0 aromatic carbocycles. The molecule has 5 nitrogen and oxygen atoms in total. The van der Waals surface area contributed by atoms with E-state index in [9.17, 15) is 4.79 Å². The minimum Gasteiger partial charge on any atom is -0.360 e. The van der Waals surface area contributed by atoms with E-state index in [0.29, 0.717) is 11.7 Å². The molecule has 0 saturated carbocycles. The summed E-state index contributed by atoms with van der Waals surface area (Å²) in [5.74, 6) is 1.05. The van der Waals surface area contributed by atoms with E-state index in [1.165, 1.54) is 28.0 Å². The van der Waals surface area contributed by atoms with Crippen LogP contribution in [0.15, 0.2) is 21.9 Å². The number of hydrogen-bond donors (Lipinski definition) is 2. The first kappa shape index (κ1) is 18.2. The van der Waals surface area contributed by atoms with Gasteiger partial charge in [0.15, 0.2) is 4.34 Å². The maximum Gasteiger partial charge on any atom is 0.230 e. The van der Waals surface area contributed by atoms with Crippen molar-refractivity contribution in [3.63, 3.8) is 0 Å². The van der Waals surface area contributed by atoms with E-state index in [2.05, 4.69) is 52.2 Å². The predicted octanol–water partition coefficient (Wildman–Crippen LogP) is 3.51. The van der Waals surface area contributed by atoms with Crippen LogP contribution in [0.3, 0.4) is 0 Å². The number of rotatable bonds is 10. The minimum absolute atomic E-state index is 0.0538. The summed E-state index contributed by atoms with van der Waals surface area (Å²) in [4.78, 5) is 13.1. The molecule has 2 heterocycles. The third kappa shape index (κ3) is 7.32. The molecule has 0 aliphatic heterocycles. The van der Waals surface area contributed by atoms with Gasteiger partial charge in [0.2, 0.25) is 11.0 Å². The van der Waals surface area contributed by atoms with Crippen molar-refractivity contribution < 1.29 is 4.79 Å². The summed E-state index contributed by atoms with van der Waals surface area (Å²) < 4.78 is 0.822. The van der Waals surface area contributed by atoms with Crippen molar-refractivity contribution in [1.82, 2.24) is 15.5 Å². The number of nitrogens with one attached hydrogen (secondary N) is 2. The third-order valence-corrected chi connectivity index (χ3v) is 5.96. The van der Waals surface area contributed by atoms with Gasteiger partial charge in [0.1, 0.15) is 0 Å². The smallest absolute Gasteiger partial charge is 0.230 e. The van der Waals surface area contributed by atoms with Gasteiger partial charge in [-0.3, -0.25) is 4.79 Å². The van der Waals surface area contributed by atoms with E-state index in [1.54, 1.807) is 11.3 Å². The number of amides is 1. The Kier molecular flexibility index (Phi) is 7.84. The fourth-order valence-corrected chi connectivity index (χ4v) is 4.08. The molecule has 0 bridgehead atoms. The summed E-state index contributed by atoms with van der Waals surface area (Å²) in [7, 11) is 0. The van der Waals surface area contributed by atoms with Crippen LogP contribution in [0.2, 0.25) is 0 Å². The standard InChI is InChI=1S/C15H22N4OS3/c1-11(2)5-7-16-13(20)10-22-15-19-18-14(23-15)17-8-6-12-4-3-9-21-12/h3-4,9,11H,5-8,10H2,1-2H3,(H,16,20)(H,17,18). The zero-order chi connectivity index (χ0) is 16.5. The molecule has 0 atom stereocenters. The molecule has 2 aromatic heterocycles. The highest BCUT2D eigenvalue weighted by Crippen LogP contribution is 2.25. The lowest BCUT2D eigenvalue weighted by Crippen LogP contribution is -2.26. The first-order chi connectivity index (χ1) is 11.1. The fourth-order valence-electron chi connectivity index (χ4n) is 1.77. The molecule has 2 rings (SSSR count). The predicted molar refractivity (Wildman–Crippen MR) is 99.6 cm³/mol. The van der Waals surface area contributed by atoms with Crippen molar-refractivity contribution in [3.05, 3.63) is 22.4 Å². The Bertz CT molecular complexity index is 583. The summed E-state index contributed by atoms with van der Waals surface area (Å²) in [6, 6.07) is 4.19. The highest BCUT2D eigenvalue weighted by atomic mass is 32.2. The van der Waals surface area contributed by atoms with E-state index >= 15 is 0 Å². The fraction of sp³-hybridized carbons (Fsp3) is 0.533. The van der Waals surface area contributed by atoms with Crippen LogP contribution >= 0.6 is 34.4 Å². The van der Waals surface area contributed by atoms with Crippen LogP contribution < -0.4 is 10.6 Å². The molecule has 0 saturated heterocycles. The van der Waals surface area contributed by atoms with Gasteiger partial charge < -0.3 is 10.6 Å². The Morgan fingerprint density at radius 1 is 1.35 bits per heavy atom. The Hall–Kier alpha value is -1.12. The molecule has 0 unspecified atom stereocenters. The van der Waals surface area contributed by atoms with Crippen molar-refractivity contribution in [2.75, 3.05) is 24.2 Å². The molecule has 126 valence electrons. The van der Waals surface area contributed by atoms with Crippen LogP contribution in [0, 0.1) is 5.92 Å². The van der Waals surface area contributed by atoms with E-state index in [1.807, 2.05) is 0 Å². The number of anilines is 1. The Morgan fingerprint density at radius 2 is 2.22 bits per heavy atom. The highest BCUT2D eigenvalue weighted by Gasteiger charge is 2.08. The first-order valence-corrected chi connectivity index (χ1v) is 10.3. The topological polar surface area (TPSA) is 66.9 Å². The Morgan fingerprint density at radius 3 is 2.96 bits per heavy atom. The summed E-state index contributed by atoms with van der Waals surface area (Å²) in [6.45, 7) is 5.88. The van der Waals surface area contributed by atoms with Crippen LogP contribution in [0.5, 0.6) is 0 Å². The summed E-state index contributed by atoms with van der Waals surface area (Å²) in [5, 5.41) is 17.3. The molecule has 1 amide bonds. The number of aromatic nitrogens is 2. The molecule has 0 aliphatic carbocycles. The number of hydrogen-bond acceptors (Lipinski definition) is 7. The van der Waals surface area contributed by atoms with E-state index in [4.69, 9.17) is 0 Å². The SMILES string of the molecule is CC(C)CCNC(=O)CSc1nnc(NCCc2cccs2)s1. The second-order valence-corrected chi connectivity index (χ2v) is 8.68. The zero-order valence-electron chi connectivity index (χ0n) is 13.4. The third-order valence-electron chi connectivity index (χ3n) is 3.00. The molecule has 0 radical (unpaired) electrons. The van der Waals surface area contributed by atoms with Gasteiger partial charge in [0, 0.05) is 18.0 Å². The Labute approximate surface area is 149 Å². The molecular weight excluding hydrogens is 348 g/mol. The maximum absolute atomic E-state index is 11.7. The summed E-state index contributed by atoms with van der Waals surface area (Å²) >= 11 is 4.69. The molecule has 0 aliphatic rings. The average molecular weight is 371 g/mol. The first-order valence-electron chi connectivity index (χ1n) is 7.62. The van der Waals surface area contributed by atoms with Crippen molar-refractivity contribution in [2.24, 2.45) is 5.92 Å². The zero-order valence-corrected chi connectivity index (χ0v) is 15.8. The van der Waals surface area contributed by atoms with Crippen LogP contribution in [0.4, 0.5) is 5.13 Å². The Balaban J connectivity index is 1.63. The van der Waals surface area contributed by atoms with E-state index in [-0.39, 0.29) is 5.91 Å². The van der Waals surface area contributed by atoms with Crippen molar-refractivity contribution >= 4 is 45.5 Å². The van der Waals surface area contributed by atoms with Crippen LogP contribution in [-0.4, -0.2) is 34.9 Å². The normalized spacial score (nSPS) is 10.9. The lowest BCUT2D eigenvalue weighted by atomic mass is 10.1. The van der Waals surface area contributed by atoms with Gasteiger partial charge in [-0.2, -0.15) is 0 Å². The largest absolute Gasteiger partial charge is 0.360 e.